The molecular formula is C20H32N4O. The number of guanidine groups is 1. The number of nitrogens with zero attached hydrogens (tertiary/aromatic N) is 2. The minimum Gasteiger partial charge on any atom is -0.378 e. The van der Waals surface area contributed by atoms with Crippen LogP contribution >= 0.6 is 0 Å². The molecule has 0 atom stereocenters. The van der Waals surface area contributed by atoms with Crippen molar-refractivity contribution in [3.05, 3.63) is 29.8 Å². The van der Waals surface area contributed by atoms with Crippen molar-refractivity contribution in [3.8, 4) is 0 Å². The van der Waals surface area contributed by atoms with Gasteiger partial charge in [-0.1, -0.05) is 31.5 Å². The van der Waals surface area contributed by atoms with Gasteiger partial charge in [0.05, 0.1) is 13.2 Å². The number of hydrogen-bond donors (Lipinski definition) is 2. The van der Waals surface area contributed by atoms with Crippen molar-refractivity contribution in [2.75, 3.05) is 44.8 Å². The Morgan fingerprint density at radius 3 is 2.60 bits per heavy atom. The lowest BCUT2D eigenvalue weighted by Crippen LogP contribution is -2.46. The van der Waals surface area contributed by atoms with Gasteiger partial charge in [0, 0.05) is 38.9 Å². The topological polar surface area (TPSA) is 48.9 Å². The van der Waals surface area contributed by atoms with E-state index >= 15 is 0 Å². The Morgan fingerprint density at radius 2 is 1.96 bits per heavy atom. The number of morpholine rings is 1. The fourth-order valence-corrected chi connectivity index (χ4v) is 3.78. The first kappa shape index (κ1) is 18.1. The van der Waals surface area contributed by atoms with Gasteiger partial charge in [0.15, 0.2) is 5.96 Å². The molecule has 1 aromatic rings. The molecule has 0 aromatic heterocycles. The maximum atomic E-state index is 5.48. The standard InChI is InChI=1S/C20H32N4O/c1-3-20(9-6-10-20)16-23-19(21-2)22-15-17-7-4-5-8-18(17)24-11-13-25-14-12-24/h4-5,7-8H,3,6,9-16H2,1-2H3,(H2,21,22,23). The molecule has 1 saturated carbocycles. The second-order valence-electron chi connectivity index (χ2n) is 7.21. The Morgan fingerprint density at radius 1 is 1.20 bits per heavy atom. The van der Waals surface area contributed by atoms with Crippen molar-refractivity contribution < 1.29 is 4.74 Å². The Labute approximate surface area is 151 Å². The van der Waals surface area contributed by atoms with Crippen LogP contribution in [0.4, 0.5) is 5.69 Å². The van der Waals surface area contributed by atoms with E-state index in [0.717, 1.165) is 45.4 Å². The minimum atomic E-state index is 0.489. The average Bonchev–Trinajstić information content (AvgIpc) is 2.64. The predicted octanol–water partition coefficient (Wildman–Crippen LogP) is 2.77. The second-order valence-corrected chi connectivity index (χ2v) is 7.21. The number of hydrogen-bond acceptors (Lipinski definition) is 3. The summed E-state index contributed by atoms with van der Waals surface area (Å²) in [5.41, 5.74) is 3.10. The number of anilines is 1. The molecule has 1 aromatic carbocycles. The number of rotatable bonds is 6. The van der Waals surface area contributed by atoms with Crippen LogP contribution in [-0.2, 0) is 11.3 Å². The van der Waals surface area contributed by atoms with E-state index in [1.807, 2.05) is 7.05 Å². The van der Waals surface area contributed by atoms with Crippen LogP contribution in [0.3, 0.4) is 0 Å². The van der Waals surface area contributed by atoms with E-state index in [0.29, 0.717) is 5.41 Å². The molecular weight excluding hydrogens is 312 g/mol. The molecule has 2 N–H and O–H groups in total. The summed E-state index contributed by atoms with van der Waals surface area (Å²) in [5.74, 6) is 0.900. The fourth-order valence-electron chi connectivity index (χ4n) is 3.78. The third kappa shape index (κ3) is 4.46. The molecule has 1 aliphatic carbocycles. The molecule has 2 aliphatic rings. The van der Waals surface area contributed by atoms with Crippen molar-refractivity contribution >= 4 is 11.6 Å². The van der Waals surface area contributed by atoms with Crippen molar-refractivity contribution in [1.29, 1.82) is 0 Å². The van der Waals surface area contributed by atoms with Crippen LogP contribution in [0.1, 0.15) is 38.2 Å². The average molecular weight is 345 g/mol. The van der Waals surface area contributed by atoms with Gasteiger partial charge in [-0.05, 0) is 36.3 Å². The van der Waals surface area contributed by atoms with Crippen molar-refractivity contribution in [1.82, 2.24) is 10.6 Å². The highest BCUT2D eigenvalue weighted by atomic mass is 16.5. The summed E-state index contributed by atoms with van der Waals surface area (Å²) in [5, 5.41) is 7.03. The number of benzene rings is 1. The van der Waals surface area contributed by atoms with Gasteiger partial charge in [-0.15, -0.1) is 0 Å². The van der Waals surface area contributed by atoms with Crippen molar-refractivity contribution in [3.63, 3.8) is 0 Å². The Bertz CT molecular complexity index is 571. The van der Waals surface area contributed by atoms with Crippen molar-refractivity contribution in [2.24, 2.45) is 10.4 Å². The molecule has 0 spiro atoms. The summed E-state index contributed by atoms with van der Waals surface area (Å²) in [6.45, 7) is 7.65. The lowest BCUT2D eigenvalue weighted by molar-refractivity contribution is 0.122. The highest BCUT2D eigenvalue weighted by molar-refractivity contribution is 5.79. The summed E-state index contributed by atoms with van der Waals surface area (Å²) in [4.78, 5) is 6.82. The predicted molar refractivity (Wildman–Crippen MR) is 104 cm³/mol. The first-order valence-corrected chi connectivity index (χ1v) is 9.61. The summed E-state index contributed by atoms with van der Waals surface area (Å²) < 4.78 is 5.48. The van der Waals surface area contributed by atoms with Crippen LogP contribution in [0, 0.1) is 5.41 Å². The van der Waals surface area contributed by atoms with E-state index in [-0.39, 0.29) is 0 Å². The van der Waals surface area contributed by atoms with Gasteiger partial charge < -0.3 is 20.3 Å². The molecule has 3 rings (SSSR count). The molecule has 0 unspecified atom stereocenters. The lowest BCUT2D eigenvalue weighted by atomic mass is 9.67. The lowest BCUT2D eigenvalue weighted by Gasteiger charge is -2.41. The molecule has 0 bridgehead atoms. The number of ether oxygens (including phenoxy) is 1. The highest BCUT2D eigenvalue weighted by Crippen LogP contribution is 2.42. The zero-order valence-electron chi connectivity index (χ0n) is 15.7. The zero-order valence-corrected chi connectivity index (χ0v) is 15.7. The van der Waals surface area contributed by atoms with Crippen LogP contribution < -0.4 is 15.5 Å². The van der Waals surface area contributed by atoms with E-state index in [9.17, 15) is 0 Å². The number of para-hydroxylation sites is 1. The number of aliphatic imine (C=N–C) groups is 1. The van der Waals surface area contributed by atoms with Crippen LogP contribution in [0.5, 0.6) is 0 Å². The quantitative estimate of drug-likeness (QED) is 0.615. The molecule has 1 aliphatic heterocycles. The maximum absolute atomic E-state index is 5.48. The van der Waals surface area contributed by atoms with Gasteiger partial charge in [-0.2, -0.15) is 0 Å². The third-order valence-corrected chi connectivity index (χ3v) is 5.81. The Hall–Kier alpha value is -1.75. The Balaban J connectivity index is 1.56. The SMILES string of the molecule is CCC1(CNC(=NC)NCc2ccccc2N2CCOCC2)CCC1. The van der Waals surface area contributed by atoms with Crippen LogP contribution in [-0.4, -0.2) is 45.9 Å². The monoisotopic (exact) mass is 344 g/mol. The third-order valence-electron chi connectivity index (χ3n) is 5.81. The maximum Gasteiger partial charge on any atom is 0.191 e. The first-order valence-electron chi connectivity index (χ1n) is 9.61. The van der Waals surface area contributed by atoms with Gasteiger partial charge in [0.2, 0.25) is 0 Å². The highest BCUT2D eigenvalue weighted by Gasteiger charge is 2.34. The normalized spacial score (nSPS) is 20.1. The molecule has 2 fully saturated rings. The summed E-state index contributed by atoms with van der Waals surface area (Å²) in [7, 11) is 1.85. The summed E-state index contributed by atoms with van der Waals surface area (Å²) in [6.07, 6.45) is 5.30. The van der Waals surface area contributed by atoms with Gasteiger partial charge in [0.1, 0.15) is 0 Å². The largest absolute Gasteiger partial charge is 0.378 e. The molecule has 25 heavy (non-hydrogen) atoms. The number of nitrogens with one attached hydrogen (secondary N) is 2. The van der Waals surface area contributed by atoms with Gasteiger partial charge >= 0.3 is 0 Å². The molecule has 0 radical (unpaired) electrons. The van der Waals surface area contributed by atoms with E-state index in [4.69, 9.17) is 4.74 Å². The van der Waals surface area contributed by atoms with Gasteiger partial charge in [-0.25, -0.2) is 0 Å². The van der Waals surface area contributed by atoms with Crippen LogP contribution in [0.2, 0.25) is 0 Å². The molecule has 1 heterocycles. The molecule has 1 saturated heterocycles. The minimum absolute atomic E-state index is 0.489. The van der Waals surface area contributed by atoms with Gasteiger partial charge in [0.25, 0.3) is 0 Å². The van der Waals surface area contributed by atoms with E-state index in [1.165, 1.54) is 36.9 Å². The molecule has 138 valence electrons. The summed E-state index contributed by atoms with van der Waals surface area (Å²) >= 11 is 0. The molecule has 0 amide bonds. The van der Waals surface area contributed by atoms with Crippen LogP contribution in [0.25, 0.3) is 0 Å². The zero-order chi connectivity index (χ0) is 17.5. The summed E-state index contributed by atoms with van der Waals surface area (Å²) in [6, 6.07) is 8.63. The van der Waals surface area contributed by atoms with Gasteiger partial charge in [-0.3, -0.25) is 4.99 Å². The molecule has 5 nitrogen and oxygen atoms in total. The second kappa shape index (κ2) is 8.56. The van der Waals surface area contributed by atoms with E-state index < -0.39 is 0 Å². The first-order chi connectivity index (χ1) is 12.3. The van der Waals surface area contributed by atoms with E-state index in [1.54, 1.807) is 0 Å². The smallest absolute Gasteiger partial charge is 0.191 e. The van der Waals surface area contributed by atoms with Crippen LogP contribution in [0.15, 0.2) is 29.3 Å². The molecule has 5 heteroatoms. The fraction of sp³-hybridized carbons (Fsp3) is 0.650. The van der Waals surface area contributed by atoms with E-state index in [2.05, 4.69) is 51.7 Å². The Kier molecular flexibility index (Phi) is 6.19. The van der Waals surface area contributed by atoms with Crippen molar-refractivity contribution in [2.45, 2.75) is 39.2 Å².